The monoisotopic (exact) mass is 225 g/mol. The smallest absolute Gasteiger partial charge is 0.0426 e. The van der Waals surface area contributed by atoms with Crippen LogP contribution in [0.1, 0.15) is 26.2 Å². The molecule has 1 aliphatic carbocycles. The zero-order valence-corrected chi connectivity index (χ0v) is 10.2. The highest BCUT2D eigenvalue weighted by atomic mass is 35.5. The molecule has 0 aromatic rings. The molecule has 1 nitrogen and oxygen atoms in total. The van der Waals surface area contributed by atoms with Gasteiger partial charge in [0.25, 0.3) is 0 Å². The van der Waals surface area contributed by atoms with Crippen LogP contribution in [0.5, 0.6) is 0 Å². The van der Waals surface area contributed by atoms with Crippen LogP contribution in [0, 0.1) is 5.92 Å². The van der Waals surface area contributed by atoms with Crippen LogP contribution in [0.15, 0.2) is 24.3 Å². The molecular weight excluding hydrogens is 206 g/mol. The summed E-state index contributed by atoms with van der Waals surface area (Å²) in [7, 11) is 0. The molecule has 1 heterocycles. The second-order valence-electron chi connectivity index (χ2n) is 4.70. The van der Waals surface area contributed by atoms with Gasteiger partial charge in [0.1, 0.15) is 0 Å². The molecule has 0 spiro atoms. The van der Waals surface area contributed by atoms with Crippen molar-refractivity contribution in [2.24, 2.45) is 5.92 Å². The van der Waals surface area contributed by atoms with Gasteiger partial charge in [-0.05, 0) is 31.7 Å². The normalized spacial score (nSPS) is 36.3. The molecule has 84 valence electrons. The fourth-order valence-corrected chi connectivity index (χ4v) is 2.99. The number of alkyl halides is 1. The molecule has 1 fully saturated rings. The molecule has 2 atom stereocenters. The number of hydrogen-bond donors (Lipinski definition) is 0. The molecule has 1 unspecified atom stereocenters. The van der Waals surface area contributed by atoms with Crippen LogP contribution in [0.25, 0.3) is 0 Å². The Labute approximate surface area is 97.8 Å². The van der Waals surface area contributed by atoms with E-state index in [2.05, 4.69) is 36.1 Å². The number of halogens is 1. The Bertz CT molecular complexity index is 272. The third kappa shape index (κ3) is 2.14. The minimum atomic E-state index is 0.287. The number of nitrogens with zero attached hydrogens (tertiary/aromatic N) is 1. The largest absolute Gasteiger partial charge is 0.294 e. The van der Waals surface area contributed by atoms with Crippen LogP contribution >= 0.6 is 11.6 Å². The van der Waals surface area contributed by atoms with Crippen LogP contribution < -0.4 is 0 Å². The lowest BCUT2D eigenvalue weighted by Gasteiger charge is -2.39. The minimum Gasteiger partial charge on any atom is -0.294 e. The van der Waals surface area contributed by atoms with Gasteiger partial charge in [-0.3, -0.25) is 4.90 Å². The van der Waals surface area contributed by atoms with Gasteiger partial charge >= 0.3 is 0 Å². The second kappa shape index (κ2) is 4.71. The molecule has 0 amide bonds. The Morgan fingerprint density at radius 1 is 1.47 bits per heavy atom. The first-order valence-corrected chi connectivity index (χ1v) is 6.49. The highest BCUT2D eigenvalue weighted by Gasteiger charge is 2.36. The van der Waals surface area contributed by atoms with Gasteiger partial charge in [-0.1, -0.05) is 31.2 Å². The van der Waals surface area contributed by atoms with Crippen molar-refractivity contribution in [2.45, 2.75) is 31.7 Å². The maximum Gasteiger partial charge on any atom is 0.0426 e. The number of hydrogen-bond acceptors (Lipinski definition) is 1. The molecule has 15 heavy (non-hydrogen) atoms. The van der Waals surface area contributed by atoms with Crippen LogP contribution in [0.2, 0.25) is 0 Å². The molecular formula is C13H20ClN. The lowest BCUT2D eigenvalue weighted by atomic mass is 9.87. The standard InChI is InChI=1S/C13H20ClN/c1-2-13(7-4-3-5-8-13)15-9-6-12(10-14)11-15/h3-5,7,12H,2,6,8-11H2,1H3/t12?,13-/m1/s1. The molecule has 2 aliphatic rings. The summed E-state index contributed by atoms with van der Waals surface area (Å²) in [6.45, 7) is 4.68. The van der Waals surface area contributed by atoms with Crippen molar-refractivity contribution >= 4 is 11.6 Å². The quantitative estimate of drug-likeness (QED) is 0.667. The summed E-state index contributed by atoms with van der Waals surface area (Å²) in [4.78, 5) is 2.63. The highest BCUT2D eigenvalue weighted by molar-refractivity contribution is 6.18. The SMILES string of the molecule is CC[C@@]1(N2CCC(CCl)C2)C=CC=CC1. The van der Waals surface area contributed by atoms with Crippen LogP contribution in [0.3, 0.4) is 0 Å². The molecule has 1 saturated heterocycles. The Morgan fingerprint density at radius 3 is 2.87 bits per heavy atom. The molecule has 0 radical (unpaired) electrons. The third-order valence-corrected chi connectivity index (χ3v) is 4.31. The molecule has 0 saturated carbocycles. The van der Waals surface area contributed by atoms with E-state index in [1.165, 1.54) is 25.9 Å². The van der Waals surface area contributed by atoms with Gasteiger partial charge < -0.3 is 0 Å². The summed E-state index contributed by atoms with van der Waals surface area (Å²) in [5.41, 5.74) is 0.287. The zero-order chi connectivity index (χ0) is 10.7. The summed E-state index contributed by atoms with van der Waals surface area (Å²) in [6, 6.07) is 0. The molecule has 2 heteroatoms. The van der Waals surface area contributed by atoms with E-state index >= 15 is 0 Å². The maximum atomic E-state index is 5.94. The molecule has 1 aliphatic heterocycles. The number of allylic oxidation sites excluding steroid dienone is 2. The number of likely N-dealkylation sites (tertiary alicyclic amines) is 1. The fraction of sp³-hybridized carbons (Fsp3) is 0.692. The lowest BCUT2D eigenvalue weighted by Crippen LogP contribution is -2.45. The van der Waals surface area contributed by atoms with Crippen LogP contribution in [-0.2, 0) is 0 Å². The van der Waals surface area contributed by atoms with Crippen LogP contribution in [-0.4, -0.2) is 29.4 Å². The Hall–Kier alpha value is -0.270. The van der Waals surface area contributed by atoms with Gasteiger partial charge in [0.2, 0.25) is 0 Å². The Kier molecular flexibility index (Phi) is 3.53. The van der Waals surface area contributed by atoms with E-state index in [0.29, 0.717) is 5.92 Å². The van der Waals surface area contributed by atoms with Gasteiger partial charge in [0.05, 0.1) is 0 Å². The minimum absolute atomic E-state index is 0.287. The first kappa shape index (κ1) is 11.2. The molecule has 0 N–H and O–H groups in total. The Balaban J connectivity index is 2.07. The molecule has 2 rings (SSSR count). The summed E-state index contributed by atoms with van der Waals surface area (Å²) in [5.74, 6) is 1.52. The van der Waals surface area contributed by atoms with Gasteiger partial charge in [-0.25, -0.2) is 0 Å². The Morgan fingerprint density at radius 2 is 2.33 bits per heavy atom. The predicted molar refractivity (Wildman–Crippen MR) is 66.3 cm³/mol. The van der Waals surface area contributed by atoms with Crippen molar-refractivity contribution in [2.75, 3.05) is 19.0 Å². The van der Waals surface area contributed by atoms with Crippen molar-refractivity contribution in [3.05, 3.63) is 24.3 Å². The first-order valence-electron chi connectivity index (χ1n) is 5.96. The van der Waals surface area contributed by atoms with E-state index in [9.17, 15) is 0 Å². The van der Waals surface area contributed by atoms with Crippen LogP contribution in [0.4, 0.5) is 0 Å². The number of rotatable bonds is 3. The maximum absolute atomic E-state index is 5.94. The van der Waals surface area contributed by atoms with Crippen molar-refractivity contribution in [3.8, 4) is 0 Å². The average molecular weight is 226 g/mol. The van der Waals surface area contributed by atoms with Gasteiger partial charge in [0, 0.05) is 18.0 Å². The van der Waals surface area contributed by atoms with E-state index in [1.54, 1.807) is 0 Å². The molecule has 0 aromatic heterocycles. The summed E-state index contributed by atoms with van der Waals surface area (Å²) < 4.78 is 0. The lowest BCUT2D eigenvalue weighted by molar-refractivity contribution is 0.156. The summed E-state index contributed by atoms with van der Waals surface area (Å²) >= 11 is 5.94. The van der Waals surface area contributed by atoms with E-state index in [-0.39, 0.29) is 5.54 Å². The van der Waals surface area contributed by atoms with Crippen molar-refractivity contribution in [1.82, 2.24) is 4.90 Å². The predicted octanol–water partition coefficient (Wildman–Crippen LogP) is 3.21. The molecule has 0 aromatic carbocycles. The van der Waals surface area contributed by atoms with E-state index in [4.69, 9.17) is 11.6 Å². The van der Waals surface area contributed by atoms with Crippen molar-refractivity contribution in [1.29, 1.82) is 0 Å². The topological polar surface area (TPSA) is 3.24 Å². The average Bonchev–Trinajstić information content (AvgIpc) is 2.79. The summed E-state index contributed by atoms with van der Waals surface area (Å²) in [6.07, 6.45) is 12.6. The zero-order valence-electron chi connectivity index (χ0n) is 9.45. The van der Waals surface area contributed by atoms with E-state index in [1.807, 2.05) is 0 Å². The highest BCUT2D eigenvalue weighted by Crippen LogP contribution is 2.33. The van der Waals surface area contributed by atoms with Gasteiger partial charge in [0.15, 0.2) is 0 Å². The van der Waals surface area contributed by atoms with E-state index in [0.717, 1.165) is 12.3 Å². The first-order chi connectivity index (χ1) is 7.30. The fourth-order valence-electron chi connectivity index (χ4n) is 2.74. The van der Waals surface area contributed by atoms with E-state index < -0.39 is 0 Å². The third-order valence-electron chi connectivity index (χ3n) is 3.87. The second-order valence-corrected chi connectivity index (χ2v) is 5.01. The van der Waals surface area contributed by atoms with Crippen molar-refractivity contribution < 1.29 is 0 Å². The molecule has 0 bridgehead atoms. The van der Waals surface area contributed by atoms with Gasteiger partial charge in [-0.15, -0.1) is 11.6 Å². The van der Waals surface area contributed by atoms with Gasteiger partial charge in [-0.2, -0.15) is 0 Å². The summed E-state index contributed by atoms with van der Waals surface area (Å²) in [5, 5.41) is 0. The van der Waals surface area contributed by atoms with Crippen molar-refractivity contribution in [3.63, 3.8) is 0 Å².